The molecule has 138 valence electrons. The first-order valence-corrected chi connectivity index (χ1v) is 9.00. The van der Waals surface area contributed by atoms with Gasteiger partial charge in [-0.2, -0.15) is 0 Å². The number of nitrogens with one attached hydrogen (secondary N) is 1. The highest BCUT2D eigenvalue weighted by Crippen LogP contribution is 2.25. The van der Waals surface area contributed by atoms with Crippen molar-refractivity contribution < 1.29 is 9.53 Å². The summed E-state index contributed by atoms with van der Waals surface area (Å²) in [5.41, 5.74) is 3.78. The third-order valence-corrected chi connectivity index (χ3v) is 4.89. The lowest BCUT2D eigenvalue weighted by atomic mass is 10.0. The summed E-state index contributed by atoms with van der Waals surface area (Å²) in [6.45, 7) is 6.66. The minimum Gasteiger partial charge on any atom is -0.496 e. The van der Waals surface area contributed by atoms with Gasteiger partial charge in [-0.1, -0.05) is 0 Å². The van der Waals surface area contributed by atoms with E-state index in [0.717, 1.165) is 55.0 Å². The van der Waals surface area contributed by atoms with Gasteiger partial charge in [-0.25, -0.2) is 0 Å². The van der Waals surface area contributed by atoms with Crippen molar-refractivity contribution in [3.8, 4) is 5.75 Å². The Labute approximate surface area is 154 Å². The number of nitrogens with zero attached hydrogens (tertiary/aromatic N) is 3. The van der Waals surface area contributed by atoms with Crippen molar-refractivity contribution in [3.63, 3.8) is 0 Å². The average Bonchev–Trinajstić information content (AvgIpc) is 2.65. The van der Waals surface area contributed by atoms with Crippen LogP contribution in [0.3, 0.4) is 0 Å². The molecule has 0 spiro atoms. The fraction of sp³-hybridized carbons (Fsp3) is 0.450. The normalized spacial score (nSPS) is 17.7. The van der Waals surface area contributed by atoms with E-state index in [9.17, 15) is 4.79 Å². The molecule has 1 amide bonds. The van der Waals surface area contributed by atoms with Crippen molar-refractivity contribution >= 4 is 5.91 Å². The topological polar surface area (TPSA) is 67.3 Å². The average molecular weight is 354 g/mol. The van der Waals surface area contributed by atoms with E-state index >= 15 is 0 Å². The van der Waals surface area contributed by atoms with Gasteiger partial charge in [-0.05, 0) is 45.4 Å². The van der Waals surface area contributed by atoms with Crippen molar-refractivity contribution in [2.45, 2.75) is 39.3 Å². The summed E-state index contributed by atoms with van der Waals surface area (Å²) in [6.07, 6.45) is 7.19. The molecule has 1 atom stereocenters. The van der Waals surface area contributed by atoms with Crippen LogP contribution in [0.5, 0.6) is 5.75 Å². The Kier molecular flexibility index (Phi) is 5.83. The summed E-state index contributed by atoms with van der Waals surface area (Å²) in [4.78, 5) is 23.3. The number of carbonyl (C=O) groups excluding carboxylic acids is 1. The summed E-state index contributed by atoms with van der Waals surface area (Å²) in [5.74, 6) is 0.852. The number of methoxy groups -OCH3 is 1. The molecule has 1 saturated heterocycles. The number of hydrogen-bond donors (Lipinski definition) is 1. The number of likely N-dealkylation sites (tertiary alicyclic amines) is 1. The van der Waals surface area contributed by atoms with Crippen LogP contribution in [0, 0.1) is 13.8 Å². The van der Waals surface area contributed by atoms with Gasteiger partial charge >= 0.3 is 0 Å². The monoisotopic (exact) mass is 354 g/mol. The molecule has 1 aliphatic heterocycles. The number of ether oxygens (including phenoxy) is 1. The second-order valence-corrected chi connectivity index (χ2v) is 6.84. The lowest BCUT2D eigenvalue weighted by Gasteiger charge is -2.33. The van der Waals surface area contributed by atoms with Crippen LogP contribution in [0.2, 0.25) is 0 Å². The van der Waals surface area contributed by atoms with E-state index in [1.54, 1.807) is 31.6 Å². The second kappa shape index (κ2) is 8.27. The fourth-order valence-electron chi connectivity index (χ4n) is 3.53. The number of piperidine rings is 1. The molecule has 0 aliphatic carbocycles. The smallest absolute Gasteiger partial charge is 0.253 e. The van der Waals surface area contributed by atoms with Gasteiger partial charge in [0.2, 0.25) is 0 Å². The van der Waals surface area contributed by atoms with E-state index in [2.05, 4.69) is 27.1 Å². The summed E-state index contributed by atoms with van der Waals surface area (Å²) < 4.78 is 5.51. The van der Waals surface area contributed by atoms with Gasteiger partial charge in [0.25, 0.3) is 5.91 Å². The molecule has 2 aromatic rings. The lowest BCUT2D eigenvalue weighted by molar-refractivity contribution is 0.0899. The first-order chi connectivity index (χ1) is 12.6. The highest BCUT2D eigenvalue weighted by atomic mass is 16.5. The van der Waals surface area contributed by atoms with Gasteiger partial charge in [0.1, 0.15) is 5.75 Å². The van der Waals surface area contributed by atoms with Gasteiger partial charge in [-0.3, -0.25) is 19.7 Å². The standard InChI is InChI=1S/C20H26N4O2/c1-14-10-22-18(15(2)19(14)26-3)13-24-9-5-7-17(12-24)23-20(25)16-6-4-8-21-11-16/h4,6,8,10-11,17H,5,7,9,12-13H2,1-3H3,(H,23,25). The van der Waals surface area contributed by atoms with Crippen molar-refractivity contribution in [3.05, 3.63) is 53.1 Å². The SMILES string of the molecule is COc1c(C)cnc(CN2CCCC(NC(=O)c3cccnc3)C2)c1C. The quantitative estimate of drug-likeness (QED) is 0.893. The molecular formula is C20H26N4O2. The van der Waals surface area contributed by atoms with Crippen LogP contribution in [0.15, 0.2) is 30.7 Å². The molecule has 3 rings (SSSR count). The zero-order valence-electron chi connectivity index (χ0n) is 15.7. The molecule has 0 aromatic carbocycles. The van der Waals surface area contributed by atoms with Crippen molar-refractivity contribution in [1.82, 2.24) is 20.2 Å². The number of aryl methyl sites for hydroxylation is 1. The second-order valence-electron chi connectivity index (χ2n) is 6.84. The predicted octanol–water partition coefficient (Wildman–Crippen LogP) is 2.50. The third-order valence-electron chi connectivity index (χ3n) is 4.89. The largest absolute Gasteiger partial charge is 0.496 e. The van der Waals surface area contributed by atoms with Gasteiger partial charge < -0.3 is 10.1 Å². The zero-order chi connectivity index (χ0) is 18.5. The summed E-state index contributed by atoms with van der Waals surface area (Å²) in [5, 5.41) is 3.13. The van der Waals surface area contributed by atoms with Crippen LogP contribution in [0.1, 0.15) is 40.0 Å². The number of rotatable bonds is 5. The molecule has 6 nitrogen and oxygen atoms in total. The molecule has 1 unspecified atom stereocenters. The molecule has 1 N–H and O–H groups in total. The molecule has 6 heteroatoms. The van der Waals surface area contributed by atoms with Crippen LogP contribution in [-0.4, -0.2) is 47.0 Å². The third kappa shape index (κ3) is 4.19. The molecule has 26 heavy (non-hydrogen) atoms. The Balaban J connectivity index is 1.63. The number of pyridine rings is 2. The van der Waals surface area contributed by atoms with Crippen LogP contribution in [-0.2, 0) is 6.54 Å². The van der Waals surface area contributed by atoms with Gasteiger partial charge in [-0.15, -0.1) is 0 Å². The Morgan fingerprint density at radius 3 is 2.96 bits per heavy atom. The Morgan fingerprint density at radius 2 is 2.23 bits per heavy atom. The first kappa shape index (κ1) is 18.3. The maximum absolute atomic E-state index is 12.4. The van der Waals surface area contributed by atoms with Crippen LogP contribution >= 0.6 is 0 Å². The number of hydrogen-bond acceptors (Lipinski definition) is 5. The molecule has 2 aromatic heterocycles. The molecule has 0 saturated carbocycles. The van der Waals surface area contributed by atoms with Crippen LogP contribution < -0.4 is 10.1 Å². The zero-order valence-corrected chi connectivity index (χ0v) is 15.7. The van der Waals surface area contributed by atoms with E-state index in [1.165, 1.54) is 0 Å². The maximum atomic E-state index is 12.4. The summed E-state index contributed by atoms with van der Waals surface area (Å²) in [6, 6.07) is 3.71. The molecule has 0 bridgehead atoms. The van der Waals surface area contributed by atoms with Gasteiger partial charge in [0.15, 0.2) is 0 Å². The Morgan fingerprint density at radius 1 is 1.38 bits per heavy atom. The van der Waals surface area contributed by atoms with E-state index in [0.29, 0.717) is 5.56 Å². The Bertz CT molecular complexity index is 764. The van der Waals surface area contributed by atoms with Gasteiger partial charge in [0.05, 0.1) is 18.4 Å². The van der Waals surface area contributed by atoms with E-state index < -0.39 is 0 Å². The summed E-state index contributed by atoms with van der Waals surface area (Å²) in [7, 11) is 1.70. The highest BCUT2D eigenvalue weighted by Gasteiger charge is 2.23. The minimum atomic E-state index is -0.0590. The minimum absolute atomic E-state index is 0.0590. The lowest BCUT2D eigenvalue weighted by Crippen LogP contribution is -2.47. The first-order valence-electron chi connectivity index (χ1n) is 9.00. The highest BCUT2D eigenvalue weighted by molar-refractivity contribution is 5.94. The van der Waals surface area contributed by atoms with Crippen molar-refractivity contribution in [2.75, 3.05) is 20.2 Å². The predicted molar refractivity (Wildman–Crippen MR) is 100 cm³/mol. The fourth-order valence-corrected chi connectivity index (χ4v) is 3.53. The molecule has 1 fully saturated rings. The molecule has 1 aliphatic rings. The summed E-state index contributed by atoms with van der Waals surface area (Å²) >= 11 is 0. The van der Waals surface area contributed by atoms with E-state index in [1.807, 2.05) is 13.1 Å². The molecule has 3 heterocycles. The van der Waals surface area contributed by atoms with Crippen molar-refractivity contribution in [2.24, 2.45) is 0 Å². The number of carbonyl (C=O) groups is 1. The Hall–Kier alpha value is -2.47. The van der Waals surface area contributed by atoms with Crippen LogP contribution in [0.4, 0.5) is 0 Å². The molecular weight excluding hydrogens is 328 g/mol. The van der Waals surface area contributed by atoms with E-state index in [4.69, 9.17) is 4.74 Å². The van der Waals surface area contributed by atoms with Crippen LogP contribution in [0.25, 0.3) is 0 Å². The van der Waals surface area contributed by atoms with Crippen molar-refractivity contribution in [1.29, 1.82) is 0 Å². The molecule has 0 radical (unpaired) electrons. The number of aromatic nitrogens is 2. The number of amides is 1. The maximum Gasteiger partial charge on any atom is 0.253 e. The van der Waals surface area contributed by atoms with E-state index in [-0.39, 0.29) is 11.9 Å². The van der Waals surface area contributed by atoms with Gasteiger partial charge in [0, 0.05) is 48.8 Å².